The zero-order valence-electron chi connectivity index (χ0n) is 12.3. The van der Waals surface area contributed by atoms with Gasteiger partial charge in [0.2, 0.25) is 0 Å². The molecule has 3 rings (SSSR count). The molecule has 1 aromatic heterocycles. The number of benzene rings is 1. The molecule has 0 saturated carbocycles. The van der Waals surface area contributed by atoms with Crippen molar-refractivity contribution in [3.8, 4) is 5.75 Å². The number of hydrogen-bond donors (Lipinski definition) is 1. The van der Waals surface area contributed by atoms with E-state index >= 15 is 0 Å². The molecule has 0 bridgehead atoms. The lowest BCUT2D eigenvalue weighted by Crippen LogP contribution is -2.48. The SMILES string of the molecule is CCS[C@@H]1c2c(ccc3ccc(=O)oc23)OC(C)(C)[C@H]1O. The molecule has 0 unspecified atom stereocenters. The van der Waals surface area contributed by atoms with E-state index in [1.807, 2.05) is 32.9 Å². The molecule has 0 amide bonds. The standard InChI is InChI=1S/C16H18O4S/c1-4-21-14-12-10(20-16(2,3)15(14)18)7-5-9-6-8-11(17)19-13(9)12/h5-8,14-15,18H,4H2,1-3H3/t14-,15+/m1/s1. The molecule has 0 saturated heterocycles. The maximum absolute atomic E-state index is 11.6. The first-order valence-corrected chi connectivity index (χ1v) is 8.04. The van der Waals surface area contributed by atoms with Gasteiger partial charge in [-0.2, -0.15) is 11.8 Å². The quantitative estimate of drug-likeness (QED) is 0.864. The summed E-state index contributed by atoms with van der Waals surface area (Å²) < 4.78 is 11.3. The number of hydrogen-bond acceptors (Lipinski definition) is 5. The summed E-state index contributed by atoms with van der Waals surface area (Å²) in [5, 5.41) is 11.3. The predicted molar refractivity (Wildman–Crippen MR) is 84.1 cm³/mol. The third kappa shape index (κ3) is 2.34. The molecular weight excluding hydrogens is 288 g/mol. The summed E-state index contributed by atoms with van der Waals surface area (Å²) in [5.74, 6) is 1.53. The van der Waals surface area contributed by atoms with Gasteiger partial charge in [0.1, 0.15) is 23.0 Å². The van der Waals surface area contributed by atoms with Crippen molar-refractivity contribution in [3.05, 3.63) is 40.2 Å². The van der Waals surface area contributed by atoms with Crippen molar-refractivity contribution in [3.63, 3.8) is 0 Å². The second-order valence-corrected chi connectivity index (χ2v) is 7.09. The summed E-state index contributed by atoms with van der Waals surface area (Å²) in [6.45, 7) is 5.78. The van der Waals surface area contributed by atoms with Crippen LogP contribution in [0.15, 0.2) is 33.5 Å². The average Bonchev–Trinajstić information content (AvgIpc) is 2.43. The first kappa shape index (κ1) is 14.5. The Bertz CT molecular complexity index is 735. The van der Waals surface area contributed by atoms with Crippen molar-refractivity contribution < 1.29 is 14.3 Å². The Balaban J connectivity index is 2.30. The van der Waals surface area contributed by atoms with Crippen LogP contribution in [-0.4, -0.2) is 22.6 Å². The van der Waals surface area contributed by atoms with Crippen LogP contribution in [-0.2, 0) is 0 Å². The third-order valence-corrected chi connectivity index (χ3v) is 4.98. The van der Waals surface area contributed by atoms with Crippen LogP contribution in [0.5, 0.6) is 5.75 Å². The molecule has 0 spiro atoms. The van der Waals surface area contributed by atoms with Gasteiger partial charge in [-0.15, -0.1) is 0 Å². The summed E-state index contributed by atoms with van der Waals surface area (Å²) in [5.41, 5.74) is 0.225. The largest absolute Gasteiger partial charge is 0.485 e. The van der Waals surface area contributed by atoms with Crippen LogP contribution in [0.1, 0.15) is 31.6 Å². The first-order valence-electron chi connectivity index (χ1n) is 6.99. The molecule has 0 aliphatic carbocycles. The fourth-order valence-corrected chi connectivity index (χ4v) is 3.97. The van der Waals surface area contributed by atoms with Gasteiger partial charge >= 0.3 is 5.63 Å². The van der Waals surface area contributed by atoms with Crippen LogP contribution < -0.4 is 10.4 Å². The molecule has 1 aromatic carbocycles. The van der Waals surface area contributed by atoms with Crippen LogP contribution in [0.25, 0.3) is 11.0 Å². The minimum Gasteiger partial charge on any atom is -0.485 e. The van der Waals surface area contributed by atoms with E-state index in [0.29, 0.717) is 11.3 Å². The second-order valence-electron chi connectivity index (χ2n) is 5.68. The lowest BCUT2D eigenvalue weighted by Gasteiger charge is -2.41. The van der Waals surface area contributed by atoms with Gasteiger partial charge in [0.05, 0.1) is 10.8 Å². The van der Waals surface area contributed by atoms with Gasteiger partial charge in [-0.25, -0.2) is 4.79 Å². The zero-order chi connectivity index (χ0) is 15.2. The third-order valence-electron chi connectivity index (χ3n) is 3.79. The van der Waals surface area contributed by atoms with Gasteiger partial charge in [-0.05, 0) is 37.8 Å². The van der Waals surface area contributed by atoms with E-state index in [1.165, 1.54) is 6.07 Å². The highest BCUT2D eigenvalue weighted by atomic mass is 32.2. The van der Waals surface area contributed by atoms with Crippen LogP contribution in [0.4, 0.5) is 0 Å². The zero-order valence-corrected chi connectivity index (χ0v) is 13.1. The molecule has 1 aliphatic rings. The monoisotopic (exact) mass is 306 g/mol. The molecule has 112 valence electrons. The fourth-order valence-electron chi connectivity index (χ4n) is 2.71. The fraction of sp³-hybridized carbons (Fsp3) is 0.438. The van der Waals surface area contributed by atoms with Gasteiger partial charge in [-0.1, -0.05) is 6.92 Å². The summed E-state index contributed by atoms with van der Waals surface area (Å²) in [4.78, 5) is 11.6. The van der Waals surface area contributed by atoms with Crippen LogP contribution in [0.3, 0.4) is 0 Å². The number of fused-ring (bicyclic) bond motifs is 3. The van der Waals surface area contributed by atoms with Crippen molar-refractivity contribution in [2.24, 2.45) is 0 Å². The highest BCUT2D eigenvalue weighted by molar-refractivity contribution is 7.99. The van der Waals surface area contributed by atoms with Gasteiger partial charge in [0.25, 0.3) is 0 Å². The molecule has 2 heterocycles. The van der Waals surface area contributed by atoms with E-state index in [-0.39, 0.29) is 5.25 Å². The Morgan fingerprint density at radius 1 is 1.29 bits per heavy atom. The molecule has 0 radical (unpaired) electrons. The minimum atomic E-state index is -0.678. The average molecular weight is 306 g/mol. The highest BCUT2D eigenvalue weighted by Gasteiger charge is 2.44. The van der Waals surface area contributed by atoms with Crippen LogP contribution in [0, 0.1) is 0 Å². The second kappa shape index (κ2) is 5.07. The molecule has 4 nitrogen and oxygen atoms in total. The Labute approximate surface area is 127 Å². The maximum atomic E-state index is 11.6. The van der Waals surface area contributed by atoms with E-state index in [4.69, 9.17) is 9.15 Å². The van der Waals surface area contributed by atoms with Crippen molar-refractivity contribution >= 4 is 22.7 Å². The Hall–Kier alpha value is -1.46. The van der Waals surface area contributed by atoms with E-state index in [9.17, 15) is 9.90 Å². The van der Waals surface area contributed by atoms with E-state index in [2.05, 4.69) is 0 Å². The lowest BCUT2D eigenvalue weighted by molar-refractivity contribution is -0.0427. The van der Waals surface area contributed by atoms with Crippen molar-refractivity contribution in [2.75, 3.05) is 5.75 Å². The van der Waals surface area contributed by atoms with Crippen molar-refractivity contribution in [1.29, 1.82) is 0 Å². The minimum absolute atomic E-state index is 0.178. The van der Waals surface area contributed by atoms with Crippen LogP contribution in [0.2, 0.25) is 0 Å². The maximum Gasteiger partial charge on any atom is 0.336 e. The molecule has 0 fully saturated rings. The first-order chi connectivity index (χ1) is 9.94. The molecule has 1 N–H and O–H groups in total. The molecule has 5 heteroatoms. The Morgan fingerprint density at radius 2 is 2.00 bits per heavy atom. The number of aliphatic hydroxyl groups excluding tert-OH is 1. The molecule has 2 aromatic rings. The highest BCUT2D eigenvalue weighted by Crippen LogP contribution is 2.49. The smallest absolute Gasteiger partial charge is 0.336 e. The summed E-state index contributed by atoms with van der Waals surface area (Å²) >= 11 is 1.63. The lowest BCUT2D eigenvalue weighted by atomic mass is 9.89. The molecule has 21 heavy (non-hydrogen) atoms. The topological polar surface area (TPSA) is 59.7 Å². The predicted octanol–water partition coefficient (Wildman–Crippen LogP) is 3.12. The van der Waals surface area contributed by atoms with Gasteiger partial charge < -0.3 is 14.3 Å². The van der Waals surface area contributed by atoms with Gasteiger partial charge in [-0.3, -0.25) is 0 Å². The summed E-state index contributed by atoms with van der Waals surface area (Å²) in [6.07, 6.45) is -0.675. The summed E-state index contributed by atoms with van der Waals surface area (Å²) in [7, 11) is 0. The number of ether oxygens (including phenoxy) is 1. The van der Waals surface area contributed by atoms with Crippen molar-refractivity contribution in [1.82, 2.24) is 0 Å². The van der Waals surface area contributed by atoms with Gasteiger partial charge in [0.15, 0.2) is 0 Å². The molecule has 1 aliphatic heterocycles. The van der Waals surface area contributed by atoms with E-state index in [1.54, 1.807) is 17.8 Å². The van der Waals surface area contributed by atoms with Gasteiger partial charge in [0, 0.05) is 11.5 Å². The van der Waals surface area contributed by atoms with E-state index < -0.39 is 17.3 Å². The number of thioether (sulfide) groups is 1. The number of rotatable bonds is 2. The molecular formula is C16H18O4S. The Morgan fingerprint density at radius 3 is 2.71 bits per heavy atom. The van der Waals surface area contributed by atoms with Crippen LogP contribution >= 0.6 is 11.8 Å². The van der Waals surface area contributed by atoms with E-state index in [0.717, 1.165) is 16.7 Å². The molecule has 2 atom stereocenters. The van der Waals surface area contributed by atoms with Crippen molar-refractivity contribution in [2.45, 2.75) is 37.7 Å². The summed E-state index contributed by atoms with van der Waals surface area (Å²) in [6, 6.07) is 6.90. The Kier molecular flexibility index (Phi) is 3.50. The number of aliphatic hydroxyl groups is 1. The normalized spacial score (nSPS) is 23.6.